The second kappa shape index (κ2) is 11.5. The maximum Gasteiger partial charge on any atom is 0.237 e. The van der Waals surface area contributed by atoms with Crippen molar-refractivity contribution in [3.63, 3.8) is 0 Å². The number of amides is 1. The predicted octanol–water partition coefficient (Wildman–Crippen LogP) is 5.35. The number of ketones is 1. The first kappa shape index (κ1) is 25.6. The van der Waals surface area contributed by atoms with Gasteiger partial charge in [0.2, 0.25) is 5.91 Å². The van der Waals surface area contributed by atoms with E-state index in [0.29, 0.717) is 34.4 Å². The van der Waals surface area contributed by atoms with Gasteiger partial charge in [-0.25, -0.2) is 4.39 Å². The zero-order valence-corrected chi connectivity index (χ0v) is 21.0. The molecule has 3 aromatic rings. The summed E-state index contributed by atoms with van der Waals surface area (Å²) in [6, 6.07) is 18.6. The number of benzene rings is 3. The van der Waals surface area contributed by atoms with Crippen molar-refractivity contribution in [1.29, 1.82) is 0 Å². The lowest BCUT2D eigenvalue weighted by Crippen LogP contribution is -2.44. The Kier molecular flexibility index (Phi) is 8.16. The summed E-state index contributed by atoms with van der Waals surface area (Å²) in [5.41, 5.74) is 2.85. The summed E-state index contributed by atoms with van der Waals surface area (Å²) >= 11 is 0. The minimum Gasteiger partial charge on any atom is -0.497 e. The Morgan fingerprint density at radius 3 is 2.33 bits per heavy atom. The number of carbonyl (C=O) groups is 2. The highest BCUT2D eigenvalue weighted by atomic mass is 19.1. The van der Waals surface area contributed by atoms with E-state index < -0.39 is 6.04 Å². The van der Waals surface area contributed by atoms with E-state index >= 15 is 4.39 Å². The highest BCUT2D eigenvalue weighted by Crippen LogP contribution is 2.36. The SMILES string of the molecule is COc1ccc(CC(=O)C(NC(=O)C2CCCN2)c2ccc(C(C)C)c(F)c2-c2ccccc2)cc1. The number of carbonyl (C=O) groups excluding carboxylic acids is 2. The van der Waals surface area contributed by atoms with Crippen molar-refractivity contribution in [1.82, 2.24) is 10.6 Å². The molecule has 1 amide bonds. The molecule has 1 fully saturated rings. The van der Waals surface area contributed by atoms with E-state index in [0.717, 1.165) is 18.5 Å². The van der Waals surface area contributed by atoms with Gasteiger partial charge in [-0.05, 0) is 59.7 Å². The van der Waals surface area contributed by atoms with Gasteiger partial charge in [-0.3, -0.25) is 9.59 Å². The summed E-state index contributed by atoms with van der Waals surface area (Å²) in [5.74, 6) is -0.147. The van der Waals surface area contributed by atoms with Crippen LogP contribution in [0.15, 0.2) is 66.7 Å². The van der Waals surface area contributed by atoms with Crippen LogP contribution in [0.5, 0.6) is 5.75 Å². The fourth-order valence-corrected chi connectivity index (χ4v) is 4.72. The van der Waals surface area contributed by atoms with Gasteiger partial charge in [-0.1, -0.05) is 68.4 Å². The molecule has 2 N–H and O–H groups in total. The van der Waals surface area contributed by atoms with Crippen LogP contribution in [0.3, 0.4) is 0 Å². The number of halogens is 1. The zero-order valence-electron chi connectivity index (χ0n) is 21.0. The third kappa shape index (κ3) is 5.65. The number of nitrogens with one attached hydrogen (secondary N) is 2. The van der Waals surface area contributed by atoms with E-state index in [4.69, 9.17) is 4.74 Å². The zero-order chi connectivity index (χ0) is 25.7. The molecule has 188 valence electrons. The molecule has 1 aliphatic heterocycles. The lowest BCUT2D eigenvalue weighted by Gasteiger charge is -2.25. The van der Waals surface area contributed by atoms with Crippen molar-refractivity contribution < 1.29 is 18.7 Å². The molecule has 1 heterocycles. The Balaban J connectivity index is 1.78. The van der Waals surface area contributed by atoms with Gasteiger partial charge in [0.1, 0.15) is 17.6 Å². The van der Waals surface area contributed by atoms with Crippen molar-refractivity contribution >= 4 is 11.7 Å². The second-order valence-corrected chi connectivity index (χ2v) is 9.54. The first-order valence-corrected chi connectivity index (χ1v) is 12.5. The molecule has 3 aromatic carbocycles. The van der Waals surface area contributed by atoms with Crippen molar-refractivity contribution in [2.75, 3.05) is 13.7 Å². The molecule has 0 aliphatic carbocycles. The molecule has 0 bridgehead atoms. The van der Waals surface area contributed by atoms with Crippen LogP contribution in [0.2, 0.25) is 0 Å². The van der Waals surface area contributed by atoms with Crippen LogP contribution >= 0.6 is 0 Å². The average Bonchev–Trinajstić information content (AvgIpc) is 3.43. The summed E-state index contributed by atoms with van der Waals surface area (Å²) < 4.78 is 21.2. The van der Waals surface area contributed by atoms with E-state index in [-0.39, 0.29) is 35.9 Å². The van der Waals surface area contributed by atoms with Gasteiger partial charge in [-0.15, -0.1) is 0 Å². The van der Waals surface area contributed by atoms with Crippen LogP contribution in [-0.2, 0) is 16.0 Å². The van der Waals surface area contributed by atoms with Crippen molar-refractivity contribution in [3.8, 4) is 16.9 Å². The average molecular weight is 489 g/mol. The molecule has 1 saturated heterocycles. The lowest BCUT2D eigenvalue weighted by molar-refractivity contribution is -0.128. The Labute approximate surface area is 212 Å². The number of hydrogen-bond donors (Lipinski definition) is 2. The van der Waals surface area contributed by atoms with E-state index in [1.807, 2.05) is 56.3 Å². The lowest BCUT2D eigenvalue weighted by atomic mass is 9.87. The third-order valence-corrected chi connectivity index (χ3v) is 6.72. The maximum absolute atomic E-state index is 16.0. The largest absolute Gasteiger partial charge is 0.497 e. The maximum atomic E-state index is 16.0. The van der Waals surface area contributed by atoms with Gasteiger partial charge in [0.15, 0.2) is 5.78 Å². The first-order valence-electron chi connectivity index (χ1n) is 12.5. The smallest absolute Gasteiger partial charge is 0.237 e. The van der Waals surface area contributed by atoms with E-state index in [1.54, 1.807) is 31.4 Å². The van der Waals surface area contributed by atoms with Gasteiger partial charge in [0, 0.05) is 12.0 Å². The van der Waals surface area contributed by atoms with Gasteiger partial charge in [0.05, 0.1) is 13.2 Å². The molecule has 5 nitrogen and oxygen atoms in total. The number of ether oxygens (including phenoxy) is 1. The predicted molar refractivity (Wildman–Crippen MR) is 140 cm³/mol. The molecule has 2 unspecified atom stereocenters. The van der Waals surface area contributed by atoms with Crippen LogP contribution in [0.25, 0.3) is 11.1 Å². The summed E-state index contributed by atoms with van der Waals surface area (Å²) in [7, 11) is 1.59. The van der Waals surface area contributed by atoms with Gasteiger partial charge in [-0.2, -0.15) is 0 Å². The number of rotatable bonds is 9. The van der Waals surface area contributed by atoms with Gasteiger partial charge < -0.3 is 15.4 Å². The summed E-state index contributed by atoms with van der Waals surface area (Å²) in [5, 5.41) is 6.15. The Hall–Kier alpha value is -3.51. The molecule has 4 rings (SSSR count). The van der Waals surface area contributed by atoms with Crippen LogP contribution in [-0.4, -0.2) is 31.4 Å². The van der Waals surface area contributed by atoms with Crippen molar-refractivity contribution in [3.05, 3.63) is 89.2 Å². The molecule has 0 spiro atoms. The normalized spacial score (nSPS) is 16.1. The quantitative estimate of drug-likeness (QED) is 0.426. The standard InChI is InChI=1S/C30H33FN2O3/c1-19(2)23-15-16-24(27(28(23)31)21-8-5-4-6-9-21)29(33-30(35)25-10-7-17-32-25)26(34)18-20-11-13-22(36-3)14-12-20/h4-6,8-9,11-16,19,25,29,32H,7,10,17-18H2,1-3H3,(H,33,35). The minimum atomic E-state index is -0.993. The molecule has 36 heavy (non-hydrogen) atoms. The molecule has 0 aromatic heterocycles. The molecule has 2 atom stereocenters. The summed E-state index contributed by atoms with van der Waals surface area (Å²) in [4.78, 5) is 26.9. The van der Waals surface area contributed by atoms with Gasteiger partial charge >= 0.3 is 0 Å². The number of Topliss-reactive ketones (excluding diaryl/α,β-unsaturated/α-hetero) is 1. The highest BCUT2D eigenvalue weighted by Gasteiger charge is 2.31. The van der Waals surface area contributed by atoms with Crippen LogP contribution < -0.4 is 15.4 Å². The van der Waals surface area contributed by atoms with Crippen molar-refractivity contribution in [2.45, 2.75) is 51.1 Å². The molecule has 1 aliphatic rings. The molecule has 0 radical (unpaired) electrons. The Morgan fingerprint density at radius 1 is 1.03 bits per heavy atom. The number of methoxy groups -OCH3 is 1. The van der Waals surface area contributed by atoms with Crippen molar-refractivity contribution in [2.24, 2.45) is 0 Å². The second-order valence-electron chi connectivity index (χ2n) is 9.54. The van der Waals surface area contributed by atoms with E-state index in [2.05, 4.69) is 10.6 Å². The Morgan fingerprint density at radius 2 is 1.72 bits per heavy atom. The summed E-state index contributed by atoms with van der Waals surface area (Å²) in [6.07, 6.45) is 1.70. The minimum absolute atomic E-state index is 0.0350. The molecular weight excluding hydrogens is 455 g/mol. The Bertz CT molecular complexity index is 1200. The summed E-state index contributed by atoms with van der Waals surface area (Å²) in [6.45, 7) is 4.63. The molecule has 0 saturated carbocycles. The fraction of sp³-hybridized carbons (Fsp3) is 0.333. The van der Waals surface area contributed by atoms with Crippen LogP contribution in [0, 0.1) is 5.82 Å². The number of hydrogen-bond acceptors (Lipinski definition) is 4. The van der Waals surface area contributed by atoms with Crippen LogP contribution in [0.1, 0.15) is 55.3 Å². The van der Waals surface area contributed by atoms with E-state index in [1.165, 1.54) is 0 Å². The monoisotopic (exact) mass is 488 g/mol. The molecule has 6 heteroatoms. The highest BCUT2D eigenvalue weighted by molar-refractivity contribution is 5.94. The third-order valence-electron chi connectivity index (χ3n) is 6.72. The topological polar surface area (TPSA) is 67.4 Å². The first-order chi connectivity index (χ1) is 17.4. The van der Waals surface area contributed by atoms with Crippen LogP contribution in [0.4, 0.5) is 4.39 Å². The molecular formula is C30H33FN2O3. The van der Waals surface area contributed by atoms with Gasteiger partial charge in [0.25, 0.3) is 0 Å². The van der Waals surface area contributed by atoms with E-state index in [9.17, 15) is 9.59 Å². The fourth-order valence-electron chi connectivity index (χ4n) is 4.72.